The van der Waals surface area contributed by atoms with Crippen LogP contribution in [0.3, 0.4) is 0 Å². The number of methoxy groups -OCH3 is 1. The van der Waals surface area contributed by atoms with Gasteiger partial charge in [0, 0.05) is 28.1 Å². The molecule has 0 atom stereocenters. The van der Waals surface area contributed by atoms with Gasteiger partial charge in [0.15, 0.2) is 5.78 Å². The predicted molar refractivity (Wildman–Crippen MR) is 110 cm³/mol. The maximum Gasteiger partial charge on any atom is 0.255 e. The van der Waals surface area contributed by atoms with Crippen LogP contribution in [-0.2, 0) is 6.42 Å². The van der Waals surface area contributed by atoms with Crippen LogP contribution in [0.5, 0.6) is 5.75 Å². The van der Waals surface area contributed by atoms with Crippen molar-refractivity contribution in [1.29, 1.82) is 0 Å². The SMILES string of the molecule is COc1cc(Cl)ccc1-c1ccc(NC(=O)c2ccccc2)c2c1CCC2=O. The van der Waals surface area contributed by atoms with Crippen LogP contribution in [0.2, 0.25) is 5.02 Å². The first-order chi connectivity index (χ1) is 13.6. The Balaban J connectivity index is 1.78. The number of carbonyl (C=O) groups excluding carboxylic acids is 2. The van der Waals surface area contributed by atoms with Gasteiger partial charge in [-0.15, -0.1) is 0 Å². The molecule has 4 rings (SSSR count). The van der Waals surface area contributed by atoms with Gasteiger partial charge in [0.05, 0.1) is 12.8 Å². The maximum absolute atomic E-state index is 12.6. The van der Waals surface area contributed by atoms with Gasteiger partial charge in [-0.25, -0.2) is 0 Å². The van der Waals surface area contributed by atoms with E-state index in [2.05, 4.69) is 5.32 Å². The van der Waals surface area contributed by atoms with Gasteiger partial charge in [-0.05, 0) is 53.9 Å². The second kappa shape index (κ2) is 7.49. The number of hydrogen-bond donors (Lipinski definition) is 1. The monoisotopic (exact) mass is 391 g/mol. The number of Topliss-reactive ketones (excluding diaryl/α,β-unsaturated/α-hetero) is 1. The molecule has 3 aromatic carbocycles. The zero-order chi connectivity index (χ0) is 19.7. The molecular formula is C23H18ClNO3. The van der Waals surface area contributed by atoms with E-state index in [9.17, 15) is 9.59 Å². The van der Waals surface area contributed by atoms with Gasteiger partial charge in [-0.2, -0.15) is 0 Å². The lowest BCUT2D eigenvalue weighted by Gasteiger charge is -2.16. The summed E-state index contributed by atoms with van der Waals surface area (Å²) in [5.41, 5.74) is 4.40. The van der Waals surface area contributed by atoms with E-state index in [-0.39, 0.29) is 11.7 Å². The fourth-order valence-corrected chi connectivity index (χ4v) is 3.78. The average Bonchev–Trinajstić information content (AvgIpc) is 3.11. The number of hydrogen-bond acceptors (Lipinski definition) is 3. The minimum absolute atomic E-state index is 0.0353. The summed E-state index contributed by atoms with van der Waals surface area (Å²) in [7, 11) is 1.59. The second-order valence-electron chi connectivity index (χ2n) is 6.60. The molecule has 0 radical (unpaired) electrons. The normalized spacial score (nSPS) is 12.6. The van der Waals surface area contributed by atoms with Gasteiger partial charge < -0.3 is 10.1 Å². The molecule has 28 heavy (non-hydrogen) atoms. The molecule has 0 bridgehead atoms. The maximum atomic E-state index is 12.6. The van der Waals surface area contributed by atoms with E-state index in [0.29, 0.717) is 40.4 Å². The topological polar surface area (TPSA) is 55.4 Å². The van der Waals surface area contributed by atoms with Crippen molar-refractivity contribution in [2.75, 3.05) is 12.4 Å². The number of halogens is 1. The Hall–Kier alpha value is -3.11. The van der Waals surface area contributed by atoms with E-state index in [1.807, 2.05) is 18.2 Å². The van der Waals surface area contributed by atoms with Crippen molar-refractivity contribution in [2.45, 2.75) is 12.8 Å². The fraction of sp³-hybridized carbons (Fsp3) is 0.130. The summed E-state index contributed by atoms with van der Waals surface area (Å²) in [5, 5.41) is 3.48. The van der Waals surface area contributed by atoms with Crippen molar-refractivity contribution >= 4 is 29.0 Å². The first-order valence-corrected chi connectivity index (χ1v) is 9.35. The summed E-state index contributed by atoms with van der Waals surface area (Å²) in [4.78, 5) is 25.1. The summed E-state index contributed by atoms with van der Waals surface area (Å²) < 4.78 is 5.48. The first-order valence-electron chi connectivity index (χ1n) is 8.98. The van der Waals surface area contributed by atoms with Crippen LogP contribution in [-0.4, -0.2) is 18.8 Å². The molecule has 0 aromatic heterocycles. The van der Waals surface area contributed by atoms with Gasteiger partial charge in [0.1, 0.15) is 5.75 Å². The summed E-state index contributed by atoms with van der Waals surface area (Å²) in [6.07, 6.45) is 1.06. The van der Waals surface area contributed by atoms with Gasteiger partial charge >= 0.3 is 0 Å². The lowest BCUT2D eigenvalue weighted by Crippen LogP contribution is -2.14. The van der Waals surface area contributed by atoms with E-state index in [1.54, 1.807) is 49.6 Å². The summed E-state index contributed by atoms with van der Waals surface area (Å²) >= 11 is 6.08. The number of anilines is 1. The molecule has 1 amide bonds. The molecule has 1 aliphatic carbocycles. The van der Waals surface area contributed by atoms with Crippen molar-refractivity contribution in [2.24, 2.45) is 0 Å². The van der Waals surface area contributed by atoms with Gasteiger partial charge in [-0.1, -0.05) is 35.9 Å². The number of amides is 1. The third-order valence-corrected chi connectivity index (χ3v) is 5.17. The average molecular weight is 392 g/mol. The third kappa shape index (κ3) is 3.27. The molecule has 5 heteroatoms. The molecule has 1 N–H and O–H groups in total. The zero-order valence-corrected chi connectivity index (χ0v) is 16.0. The van der Waals surface area contributed by atoms with Gasteiger partial charge in [0.2, 0.25) is 0 Å². The smallest absolute Gasteiger partial charge is 0.255 e. The fourth-order valence-electron chi connectivity index (χ4n) is 3.62. The Kier molecular flexibility index (Phi) is 4.88. The molecule has 1 aliphatic rings. The Bertz CT molecular complexity index is 1080. The van der Waals surface area contributed by atoms with Gasteiger partial charge in [-0.3, -0.25) is 9.59 Å². The molecule has 3 aromatic rings. The summed E-state index contributed by atoms with van der Waals surface area (Å²) in [6, 6.07) is 18.1. The predicted octanol–water partition coefficient (Wildman–Crippen LogP) is 5.40. The minimum Gasteiger partial charge on any atom is -0.496 e. The minimum atomic E-state index is -0.237. The van der Waals surface area contributed by atoms with E-state index in [1.165, 1.54) is 0 Å². The quantitative estimate of drug-likeness (QED) is 0.648. The highest BCUT2D eigenvalue weighted by Gasteiger charge is 2.28. The third-order valence-electron chi connectivity index (χ3n) is 4.93. The molecule has 4 nitrogen and oxygen atoms in total. The van der Waals surface area contributed by atoms with Crippen molar-refractivity contribution < 1.29 is 14.3 Å². The van der Waals surface area contributed by atoms with Crippen molar-refractivity contribution in [3.63, 3.8) is 0 Å². The van der Waals surface area contributed by atoms with Crippen LogP contribution in [0.4, 0.5) is 5.69 Å². The molecule has 140 valence electrons. The number of benzene rings is 3. The highest BCUT2D eigenvalue weighted by Crippen LogP contribution is 2.41. The molecule has 0 saturated heterocycles. The summed E-state index contributed by atoms with van der Waals surface area (Å²) in [6.45, 7) is 0. The zero-order valence-electron chi connectivity index (χ0n) is 15.3. The Labute approximate surface area is 168 Å². The van der Waals surface area contributed by atoms with Crippen molar-refractivity contribution in [1.82, 2.24) is 0 Å². The molecule has 0 unspecified atom stereocenters. The number of fused-ring (bicyclic) bond motifs is 1. The summed E-state index contributed by atoms with van der Waals surface area (Å²) in [5.74, 6) is 0.447. The Morgan fingerprint density at radius 1 is 1.00 bits per heavy atom. The first kappa shape index (κ1) is 18.3. The van der Waals surface area contributed by atoms with Crippen LogP contribution >= 0.6 is 11.6 Å². The highest BCUT2D eigenvalue weighted by molar-refractivity contribution is 6.30. The number of ether oxygens (including phenoxy) is 1. The van der Waals surface area contributed by atoms with E-state index in [0.717, 1.165) is 16.7 Å². The Morgan fingerprint density at radius 3 is 2.50 bits per heavy atom. The van der Waals surface area contributed by atoms with Crippen LogP contribution in [0.1, 0.15) is 32.7 Å². The number of rotatable bonds is 4. The van der Waals surface area contributed by atoms with Crippen LogP contribution < -0.4 is 10.1 Å². The molecule has 0 spiro atoms. The molecule has 0 aliphatic heterocycles. The highest BCUT2D eigenvalue weighted by atomic mass is 35.5. The Morgan fingerprint density at radius 2 is 1.75 bits per heavy atom. The number of carbonyl (C=O) groups is 2. The molecule has 0 heterocycles. The van der Waals surface area contributed by atoms with Gasteiger partial charge in [0.25, 0.3) is 5.91 Å². The molecule has 0 fully saturated rings. The standard InChI is InChI=1S/C23H18ClNO3/c1-28-21-13-15(24)7-8-17(21)16-9-11-19(22-18(16)10-12-20(22)26)25-23(27)14-5-3-2-4-6-14/h2-9,11,13H,10,12H2,1H3,(H,25,27). The largest absolute Gasteiger partial charge is 0.496 e. The lowest BCUT2D eigenvalue weighted by atomic mass is 9.94. The van der Waals surface area contributed by atoms with Crippen LogP contribution in [0.15, 0.2) is 60.7 Å². The molecular weight excluding hydrogens is 374 g/mol. The van der Waals surface area contributed by atoms with E-state index >= 15 is 0 Å². The lowest BCUT2D eigenvalue weighted by molar-refractivity contribution is 0.0995. The number of nitrogens with one attached hydrogen (secondary N) is 1. The van der Waals surface area contributed by atoms with Crippen LogP contribution in [0, 0.1) is 0 Å². The van der Waals surface area contributed by atoms with Crippen LogP contribution in [0.25, 0.3) is 11.1 Å². The van der Waals surface area contributed by atoms with E-state index < -0.39 is 0 Å². The van der Waals surface area contributed by atoms with Crippen molar-refractivity contribution in [3.8, 4) is 16.9 Å². The second-order valence-corrected chi connectivity index (χ2v) is 7.04. The molecule has 0 saturated carbocycles. The van der Waals surface area contributed by atoms with Crippen molar-refractivity contribution in [3.05, 3.63) is 82.4 Å². The number of ketones is 1. The van der Waals surface area contributed by atoms with E-state index in [4.69, 9.17) is 16.3 Å².